The molecule has 39 heavy (non-hydrogen) atoms. The minimum absolute atomic E-state index is 0.129. The Morgan fingerprint density at radius 1 is 0.718 bits per heavy atom. The van der Waals surface area contributed by atoms with Crippen molar-refractivity contribution in [3.8, 4) is 17.2 Å². The number of thioether (sulfide) groups is 1. The zero-order valence-electron chi connectivity index (χ0n) is 21.3. The van der Waals surface area contributed by atoms with Crippen molar-refractivity contribution >= 4 is 51.1 Å². The number of phenolic OH excluding ortho intramolecular Hbond substituents is 1. The van der Waals surface area contributed by atoms with Crippen molar-refractivity contribution in [3.63, 3.8) is 0 Å². The van der Waals surface area contributed by atoms with Crippen molar-refractivity contribution in [1.82, 2.24) is 0 Å². The number of hydrogen-bond donors (Lipinski definition) is 1. The lowest BCUT2D eigenvalue weighted by atomic mass is 10.2. The van der Waals surface area contributed by atoms with Crippen molar-refractivity contribution in [2.45, 2.75) is 0 Å². The zero-order valence-corrected chi connectivity index (χ0v) is 22.1. The predicted octanol–water partition coefficient (Wildman–Crippen LogP) is 6.81. The van der Waals surface area contributed by atoms with Crippen LogP contribution in [0, 0.1) is 0 Å². The van der Waals surface area contributed by atoms with E-state index in [2.05, 4.69) is 10.2 Å². The van der Waals surface area contributed by atoms with E-state index < -0.39 is 0 Å². The summed E-state index contributed by atoms with van der Waals surface area (Å²) < 4.78 is 10.6. The lowest BCUT2D eigenvalue weighted by Gasteiger charge is -2.17. The Kier molecular flexibility index (Phi) is 7.99. The summed E-state index contributed by atoms with van der Waals surface area (Å²) in [6, 6.07) is 31.7. The van der Waals surface area contributed by atoms with Crippen LogP contribution < -0.4 is 14.4 Å². The minimum Gasteiger partial charge on any atom is -0.507 e. The standard InChI is InChI=1S/C30H25N5O3S/c1-37-25-16-12-22(13-17-25)32-28-29(33-23-14-18-26(38-2)19-15-23)39-30(35(28)24-9-4-3-5-10-24)34-31-20-21-8-6-7-11-27(21)36/h3-20,36H,1-2H3. The number of rotatable bonds is 7. The van der Waals surface area contributed by atoms with Gasteiger partial charge in [0.1, 0.15) is 22.3 Å². The van der Waals surface area contributed by atoms with Gasteiger partial charge in [0.15, 0.2) is 5.84 Å². The topological polar surface area (TPSA) is 91.4 Å². The summed E-state index contributed by atoms with van der Waals surface area (Å²) in [7, 11) is 3.26. The molecule has 0 amide bonds. The van der Waals surface area contributed by atoms with E-state index in [-0.39, 0.29) is 5.75 Å². The van der Waals surface area contributed by atoms with Crippen LogP contribution in [-0.2, 0) is 0 Å². The Labute approximate surface area is 230 Å². The van der Waals surface area contributed by atoms with Gasteiger partial charge < -0.3 is 14.6 Å². The summed E-state index contributed by atoms with van der Waals surface area (Å²) in [5, 5.41) is 20.1. The molecule has 4 aromatic carbocycles. The van der Waals surface area contributed by atoms with Gasteiger partial charge in [-0.1, -0.05) is 30.3 Å². The molecule has 4 aromatic rings. The molecule has 9 heteroatoms. The molecule has 1 aliphatic rings. The lowest BCUT2D eigenvalue weighted by Crippen LogP contribution is -2.30. The van der Waals surface area contributed by atoms with Gasteiger partial charge in [-0.05, 0) is 84.6 Å². The maximum absolute atomic E-state index is 10.1. The van der Waals surface area contributed by atoms with Gasteiger partial charge in [-0.25, -0.2) is 9.98 Å². The van der Waals surface area contributed by atoms with Crippen molar-refractivity contribution < 1.29 is 14.6 Å². The summed E-state index contributed by atoms with van der Waals surface area (Å²) in [6.45, 7) is 0. The highest BCUT2D eigenvalue weighted by Crippen LogP contribution is 2.33. The number of ether oxygens (including phenoxy) is 2. The molecule has 0 unspecified atom stereocenters. The molecule has 194 valence electrons. The van der Waals surface area contributed by atoms with E-state index in [4.69, 9.17) is 19.5 Å². The number of aliphatic imine (C=N–C) groups is 2. The van der Waals surface area contributed by atoms with Crippen molar-refractivity contribution in [1.29, 1.82) is 0 Å². The second-order valence-corrected chi connectivity index (χ2v) is 9.16. The number of benzene rings is 4. The Hall–Kier alpha value is -4.89. The van der Waals surface area contributed by atoms with Crippen LogP contribution in [0.2, 0.25) is 0 Å². The molecule has 5 rings (SSSR count). The average Bonchev–Trinajstić information content (AvgIpc) is 3.31. The lowest BCUT2D eigenvalue weighted by molar-refractivity contribution is 0.415. The summed E-state index contributed by atoms with van der Waals surface area (Å²) in [4.78, 5) is 11.8. The number of para-hydroxylation sites is 2. The Bertz CT molecular complexity index is 1550. The number of hydrogen-bond acceptors (Lipinski definition) is 8. The highest BCUT2D eigenvalue weighted by molar-refractivity contribution is 8.29. The number of methoxy groups -OCH3 is 2. The Balaban J connectivity index is 1.62. The van der Waals surface area contributed by atoms with E-state index in [0.717, 1.165) is 28.6 Å². The van der Waals surface area contributed by atoms with Crippen LogP contribution in [0.1, 0.15) is 5.56 Å². The number of nitrogens with zero attached hydrogens (tertiary/aromatic N) is 5. The van der Waals surface area contributed by atoms with Gasteiger partial charge in [-0.15, -0.1) is 5.10 Å². The first-order valence-electron chi connectivity index (χ1n) is 12.0. The minimum atomic E-state index is 0.129. The SMILES string of the molecule is COc1ccc(N=C2SC(=NN=Cc3ccccc3O)N(c3ccccc3)C2=Nc2ccc(OC)cc2)cc1. The van der Waals surface area contributed by atoms with Gasteiger partial charge >= 0.3 is 0 Å². The third-order valence-corrected chi connectivity index (χ3v) is 6.60. The summed E-state index contributed by atoms with van der Waals surface area (Å²) in [5.41, 5.74) is 2.89. The molecule has 1 fully saturated rings. The van der Waals surface area contributed by atoms with Crippen LogP contribution in [0.15, 0.2) is 123 Å². The molecular weight excluding hydrogens is 510 g/mol. The Morgan fingerprint density at radius 3 is 1.92 bits per heavy atom. The maximum atomic E-state index is 10.1. The molecular formula is C30H25N5O3S. The van der Waals surface area contributed by atoms with Crippen LogP contribution in [0.5, 0.6) is 17.2 Å². The van der Waals surface area contributed by atoms with Crippen LogP contribution in [0.25, 0.3) is 0 Å². The second-order valence-electron chi connectivity index (χ2n) is 8.21. The largest absolute Gasteiger partial charge is 0.507 e. The van der Waals surface area contributed by atoms with E-state index in [0.29, 0.717) is 21.6 Å². The van der Waals surface area contributed by atoms with Crippen LogP contribution in [0.4, 0.5) is 17.1 Å². The van der Waals surface area contributed by atoms with Gasteiger partial charge in [-0.2, -0.15) is 5.10 Å². The molecule has 0 radical (unpaired) electrons. The van der Waals surface area contributed by atoms with Gasteiger partial charge in [-0.3, -0.25) is 4.90 Å². The van der Waals surface area contributed by atoms with Crippen molar-refractivity contribution in [2.24, 2.45) is 20.2 Å². The van der Waals surface area contributed by atoms with Gasteiger partial charge in [0.25, 0.3) is 0 Å². The summed E-state index contributed by atoms with van der Waals surface area (Å²) in [5.74, 6) is 2.22. The smallest absolute Gasteiger partial charge is 0.202 e. The molecule has 0 aliphatic carbocycles. The molecule has 0 saturated carbocycles. The fourth-order valence-corrected chi connectivity index (χ4v) is 4.62. The Morgan fingerprint density at radius 2 is 1.31 bits per heavy atom. The van der Waals surface area contributed by atoms with E-state index in [9.17, 15) is 5.11 Å². The number of amidine groups is 2. The molecule has 8 nitrogen and oxygen atoms in total. The molecule has 0 aromatic heterocycles. The molecule has 0 atom stereocenters. The van der Waals surface area contributed by atoms with Crippen molar-refractivity contribution in [3.05, 3.63) is 109 Å². The second kappa shape index (κ2) is 12.1. The van der Waals surface area contributed by atoms with Gasteiger partial charge in [0.2, 0.25) is 5.17 Å². The van der Waals surface area contributed by atoms with E-state index >= 15 is 0 Å². The molecule has 1 heterocycles. The fraction of sp³-hybridized carbons (Fsp3) is 0.0667. The summed E-state index contributed by atoms with van der Waals surface area (Å²) >= 11 is 1.36. The number of aromatic hydroxyl groups is 1. The average molecular weight is 536 g/mol. The van der Waals surface area contributed by atoms with Crippen molar-refractivity contribution in [2.75, 3.05) is 19.1 Å². The molecule has 1 aliphatic heterocycles. The molecule has 1 saturated heterocycles. The first kappa shape index (κ1) is 25.7. The quantitative estimate of drug-likeness (QED) is 0.207. The van der Waals surface area contributed by atoms with E-state index in [1.165, 1.54) is 18.0 Å². The first-order chi connectivity index (χ1) is 19.1. The highest BCUT2D eigenvalue weighted by atomic mass is 32.2. The van der Waals surface area contributed by atoms with Gasteiger partial charge in [0.05, 0.1) is 31.8 Å². The highest BCUT2D eigenvalue weighted by Gasteiger charge is 2.35. The molecule has 0 spiro atoms. The van der Waals surface area contributed by atoms with Crippen LogP contribution >= 0.6 is 11.8 Å². The summed E-state index contributed by atoms with van der Waals surface area (Å²) in [6.07, 6.45) is 1.52. The number of anilines is 1. The van der Waals surface area contributed by atoms with E-state index in [1.54, 1.807) is 32.4 Å². The molecule has 0 bridgehead atoms. The van der Waals surface area contributed by atoms with E-state index in [1.807, 2.05) is 89.8 Å². The molecule has 1 N–H and O–H groups in total. The normalized spacial score (nSPS) is 16.5. The third kappa shape index (κ3) is 6.16. The maximum Gasteiger partial charge on any atom is 0.202 e. The third-order valence-electron chi connectivity index (χ3n) is 5.68. The van der Waals surface area contributed by atoms with Gasteiger partial charge in [0, 0.05) is 11.3 Å². The predicted molar refractivity (Wildman–Crippen MR) is 160 cm³/mol. The first-order valence-corrected chi connectivity index (χ1v) is 12.8. The fourth-order valence-electron chi connectivity index (χ4n) is 3.70. The monoisotopic (exact) mass is 535 g/mol. The zero-order chi connectivity index (χ0) is 27.0. The van der Waals surface area contributed by atoms with Crippen LogP contribution in [0.3, 0.4) is 0 Å². The number of phenols is 1. The van der Waals surface area contributed by atoms with Crippen LogP contribution in [-0.4, -0.2) is 41.6 Å².